The second kappa shape index (κ2) is 7.03. The van der Waals surface area contributed by atoms with Crippen molar-refractivity contribution >= 4 is 23.2 Å². The van der Waals surface area contributed by atoms with Crippen LogP contribution in [0.4, 0.5) is 0 Å². The third-order valence-corrected chi connectivity index (χ3v) is 2.99. The van der Waals surface area contributed by atoms with Crippen LogP contribution in [-0.2, 0) is 14.3 Å². The van der Waals surface area contributed by atoms with Gasteiger partial charge in [0, 0.05) is 17.9 Å². The topological polar surface area (TPSA) is 75.6 Å². The van der Waals surface area contributed by atoms with Crippen LogP contribution in [0.3, 0.4) is 0 Å². The van der Waals surface area contributed by atoms with Gasteiger partial charge < -0.3 is 15.2 Å². The van der Waals surface area contributed by atoms with E-state index in [1.807, 2.05) is 6.92 Å². The summed E-state index contributed by atoms with van der Waals surface area (Å²) in [7, 11) is 0. The van der Waals surface area contributed by atoms with E-state index in [1.165, 1.54) is 11.3 Å². The van der Waals surface area contributed by atoms with E-state index in [-0.39, 0.29) is 12.3 Å². The molecule has 0 aromatic carbocycles. The summed E-state index contributed by atoms with van der Waals surface area (Å²) in [6, 6.07) is 2.47. The molecule has 0 saturated carbocycles. The minimum absolute atomic E-state index is 0.170. The van der Waals surface area contributed by atoms with Gasteiger partial charge in [0.25, 0.3) is 0 Å². The Morgan fingerprint density at radius 1 is 1.59 bits per heavy atom. The number of hydrogen-bond acceptors (Lipinski definition) is 4. The number of ether oxygens (including phenoxy) is 1. The third-order valence-electron chi connectivity index (χ3n) is 2.06. The lowest BCUT2D eigenvalue weighted by Crippen LogP contribution is -2.33. The monoisotopic (exact) mass is 257 g/mol. The standard InChI is InChI=1S/C11H15NO4S/c1-2-16-6-5-9(13)12-10(11(14)15)8-4-3-7-17-8/h3-4,7,10H,2,5-6H2,1H3,(H,12,13)(H,14,15). The molecule has 17 heavy (non-hydrogen) atoms. The van der Waals surface area contributed by atoms with Crippen molar-refractivity contribution in [3.8, 4) is 0 Å². The van der Waals surface area contributed by atoms with E-state index in [1.54, 1.807) is 17.5 Å². The van der Waals surface area contributed by atoms with E-state index < -0.39 is 12.0 Å². The minimum atomic E-state index is -1.06. The lowest BCUT2D eigenvalue weighted by Gasteiger charge is -2.12. The van der Waals surface area contributed by atoms with Crippen molar-refractivity contribution in [2.24, 2.45) is 0 Å². The summed E-state index contributed by atoms with van der Waals surface area (Å²) in [5, 5.41) is 13.3. The fraction of sp³-hybridized carbons (Fsp3) is 0.455. The van der Waals surface area contributed by atoms with Crippen molar-refractivity contribution in [1.29, 1.82) is 0 Å². The predicted octanol–water partition coefficient (Wildman–Crippen LogP) is 1.42. The molecule has 5 nitrogen and oxygen atoms in total. The number of carbonyl (C=O) groups is 2. The van der Waals surface area contributed by atoms with E-state index in [2.05, 4.69) is 5.32 Å². The Bertz CT molecular complexity index is 364. The Morgan fingerprint density at radius 2 is 2.35 bits per heavy atom. The molecule has 0 bridgehead atoms. The number of rotatable bonds is 7. The summed E-state index contributed by atoms with van der Waals surface area (Å²) < 4.78 is 5.03. The molecule has 1 aromatic heterocycles. The maximum Gasteiger partial charge on any atom is 0.331 e. The number of thiophene rings is 1. The lowest BCUT2D eigenvalue weighted by molar-refractivity contribution is -0.142. The zero-order valence-electron chi connectivity index (χ0n) is 9.51. The highest BCUT2D eigenvalue weighted by Crippen LogP contribution is 2.19. The van der Waals surface area contributed by atoms with E-state index in [0.29, 0.717) is 18.1 Å². The average molecular weight is 257 g/mol. The van der Waals surface area contributed by atoms with Crippen molar-refractivity contribution in [3.05, 3.63) is 22.4 Å². The van der Waals surface area contributed by atoms with Gasteiger partial charge in [-0.05, 0) is 18.4 Å². The first-order valence-corrected chi connectivity index (χ1v) is 6.16. The molecule has 1 unspecified atom stereocenters. The molecule has 0 saturated heterocycles. The molecule has 1 atom stereocenters. The third kappa shape index (κ3) is 4.54. The summed E-state index contributed by atoms with van der Waals surface area (Å²) in [4.78, 5) is 23.1. The molecular weight excluding hydrogens is 242 g/mol. The highest BCUT2D eigenvalue weighted by Gasteiger charge is 2.22. The van der Waals surface area contributed by atoms with Crippen LogP contribution in [-0.4, -0.2) is 30.2 Å². The van der Waals surface area contributed by atoms with E-state index >= 15 is 0 Å². The predicted molar refractivity (Wildman–Crippen MR) is 63.9 cm³/mol. The summed E-state index contributed by atoms with van der Waals surface area (Å²) in [6.45, 7) is 2.68. The largest absolute Gasteiger partial charge is 0.479 e. The van der Waals surface area contributed by atoms with Crippen LogP contribution in [0.2, 0.25) is 0 Å². The summed E-state index contributed by atoms with van der Waals surface area (Å²) in [5.74, 6) is -1.38. The smallest absolute Gasteiger partial charge is 0.331 e. The van der Waals surface area contributed by atoms with Crippen molar-refractivity contribution in [1.82, 2.24) is 5.32 Å². The molecule has 0 aliphatic carbocycles. The van der Waals surface area contributed by atoms with Crippen LogP contribution in [0.15, 0.2) is 17.5 Å². The highest BCUT2D eigenvalue weighted by atomic mass is 32.1. The lowest BCUT2D eigenvalue weighted by atomic mass is 10.2. The summed E-state index contributed by atoms with van der Waals surface area (Å²) >= 11 is 1.30. The Kier molecular flexibility index (Phi) is 5.65. The van der Waals surface area contributed by atoms with Gasteiger partial charge in [0.15, 0.2) is 6.04 Å². The number of aliphatic carboxylic acids is 1. The number of nitrogens with one attached hydrogen (secondary N) is 1. The molecule has 0 fully saturated rings. The normalized spacial score (nSPS) is 12.1. The van der Waals surface area contributed by atoms with Gasteiger partial charge in [-0.1, -0.05) is 6.07 Å². The van der Waals surface area contributed by atoms with Gasteiger partial charge in [0.1, 0.15) is 0 Å². The SMILES string of the molecule is CCOCCC(=O)NC(C(=O)O)c1cccs1. The second-order valence-electron chi connectivity index (χ2n) is 3.30. The molecule has 2 N–H and O–H groups in total. The first-order chi connectivity index (χ1) is 8.15. The molecule has 1 heterocycles. The molecular formula is C11H15NO4S. The van der Waals surface area contributed by atoms with E-state index in [4.69, 9.17) is 9.84 Å². The molecule has 94 valence electrons. The minimum Gasteiger partial charge on any atom is -0.479 e. The molecule has 0 spiro atoms. The van der Waals surface area contributed by atoms with Gasteiger partial charge in [-0.2, -0.15) is 0 Å². The van der Waals surface area contributed by atoms with Crippen molar-refractivity contribution in [3.63, 3.8) is 0 Å². The van der Waals surface area contributed by atoms with E-state index in [0.717, 1.165) is 0 Å². The van der Waals surface area contributed by atoms with Crippen molar-refractivity contribution in [2.75, 3.05) is 13.2 Å². The van der Waals surface area contributed by atoms with Crippen molar-refractivity contribution < 1.29 is 19.4 Å². The highest BCUT2D eigenvalue weighted by molar-refractivity contribution is 7.10. The van der Waals surface area contributed by atoms with Crippen molar-refractivity contribution in [2.45, 2.75) is 19.4 Å². The van der Waals surface area contributed by atoms with Crippen LogP contribution in [0.5, 0.6) is 0 Å². The van der Waals surface area contributed by atoms with Crippen LogP contribution in [0.25, 0.3) is 0 Å². The van der Waals surface area contributed by atoms with Gasteiger partial charge >= 0.3 is 5.97 Å². The number of carboxylic acid groups (broad SMARTS) is 1. The first-order valence-electron chi connectivity index (χ1n) is 5.28. The van der Waals surface area contributed by atoms with Gasteiger partial charge in [-0.15, -0.1) is 11.3 Å². The van der Waals surface area contributed by atoms with Gasteiger partial charge in [0.05, 0.1) is 6.61 Å². The molecule has 0 radical (unpaired) electrons. The Hall–Kier alpha value is -1.40. The molecule has 1 rings (SSSR count). The number of carbonyl (C=O) groups excluding carboxylic acids is 1. The van der Waals surface area contributed by atoms with Gasteiger partial charge in [-0.3, -0.25) is 4.79 Å². The Labute approximate surface area is 103 Å². The molecule has 0 aliphatic rings. The second-order valence-corrected chi connectivity index (χ2v) is 4.28. The van der Waals surface area contributed by atoms with Crippen LogP contribution in [0.1, 0.15) is 24.3 Å². The zero-order chi connectivity index (χ0) is 12.7. The molecule has 1 amide bonds. The Balaban J connectivity index is 2.51. The molecule has 0 aliphatic heterocycles. The fourth-order valence-corrected chi connectivity index (χ4v) is 2.02. The number of carboxylic acids is 1. The van der Waals surface area contributed by atoms with Crippen LogP contribution in [0, 0.1) is 0 Å². The maximum atomic E-state index is 11.5. The molecule has 1 aromatic rings. The van der Waals surface area contributed by atoms with Gasteiger partial charge in [0.2, 0.25) is 5.91 Å². The zero-order valence-corrected chi connectivity index (χ0v) is 10.3. The number of amides is 1. The fourth-order valence-electron chi connectivity index (χ4n) is 1.25. The van der Waals surface area contributed by atoms with E-state index in [9.17, 15) is 9.59 Å². The first kappa shape index (κ1) is 13.7. The van der Waals surface area contributed by atoms with Gasteiger partial charge in [-0.25, -0.2) is 4.79 Å². The van der Waals surface area contributed by atoms with Crippen LogP contribution >= 0.6 is 11.3 Å². The summed E-state index contributed by atoms with van der Waals surface area (Å²) in [5.41, 5.74) is 0. The Morgan fingerprint density at radius 3 is 2.88 bits per heavy atom. The molecule has 6 heteroatoms. The maximum absolute atomic E-state index is 11.5. The number of hydrogen-bond donors (Lipinski definition) is 2. The van der Waals surface area contributed by atoms with Crippen LogP contribution < -0.4 is 5.32 Å². The average Bonchev–Trinajstić information content (AvgIpc) is 2.79. The quantitative estimate of drug-likeness (QED) is 0.724. The summed E-state index contributed by atoms with van der Waals surface area (Å²) in [6.07, 6.45) is 0.170.